The van der Waals surface area contributed by atoms with Crippen molar-refractivity contribution in [1.29, 1.82) is 0 Å². The number of rotatable bonds is 6. The minimum absolute atomic E-state index is 0.0931. The molecular formula is C24H26F6N2O5S. The topological polar surface area (TPSA) is 107 Å². The summed E-state index contributed by atoms with van der Waals surface area (Å²) in [5.41, 5.74) is -8.10. The number of carbonyl (C=O) groups is 1. The van der Waals surface area contributed by atoms with Gasteiger partial charge in [0.25, 0.3) is 21.5 Å². The molecule has 3 rings (SSSR count). The molecule has 1 heterocycles. The van der Waals surface area contributed by atoms with E-state index in [0.29, 0.717) is 12.1 Å². The molecule has 2 aromatic rings. The Morgan fingerprint density at radius 3 is 2.05 bits per heavy atom. The number of hydrogen-bond donors (Lipinski definition) is 3. The summed E-state index contributed by atoms with van der Waals surface area (Å²) in [5, 5.41) is 22.1. The second kappa shape index (κ2) is 9.72. The number of fused-ring (bicyclic) bond motifs is 1. The lowest BCUT2D eigenvalue weighted by Crippen LogP contribution is -2.54. The number of alkyl halides is 6. The van der Waals surface area contributed by atoms with Crippen LogP contribution in [-0.2, 0) is 26.8 Å². The lowest BCUT2D eigenvalue weighted by Gasteiger charge is -2.39. The van der Waals surface area contributed by atoms with E-state index in [-0.39, 0.29) is 35.5 Å². The molecule has 14 heteroatoms. The van der Waals surface area contributed by atoms with E-state index in [1.807, 2.05) is 0 Å². The van der Waals surface area contributed by atoms with Crippen LogP contribution in [0.25, 0.3) is 0 Å². The third-order valence-electron chi connectivity index (χ3n) is 6.27. The van der Waals surface area contributed by atoms with Gasteiger partial charge in [0, 0.05) is 12.1 Å². The van der Waals surface area contributed by atoms with Gasteiger partial charge in [0.2, 0.25) is 0 Å². The largest absolute Gasteiger partial charge is 0.430 e. The van der Waals surface area contributed by atoms with Crippen LogP contribution in [0.3, 0.4) is 0 Å². The molecule has 1 aliphatic heterocycles. The molecule has 1 aliphatic rings. The van der Waals surface area contributed by atoms with Crippen molar-refractivity contribution in [2.24, 2.45) is 0 Å². The van der Waals surface area contributed by atoms with E-state index in [9.17, 15) is 49.8 Å². The van der Waals surface area contributed by atoms with E-state index >= 15 is 0 Å². The van der Waals surface area contributed by atoms with Crippen molar-refractivity contribution in [3.05, 3.63) is 59.2 Å². The normalized spacial score (nSPS) is 17.2. The van der Waals surface area contributed by atoms with Crippen LogP contribution in [0.15, 0.2) is 47.4 Å². The fourth-order valence-corrected chi connectivity index (χ4v) is 5.83. The van der Waals surface area contributed by atoms with Gasteiger partial charge in [-0.3, -0.25) is 9.10 Å². The average Bonchev–Trinajstić information content (AvgIpc) is 2.79. The molecule has 0 radical (unpaired) electrons. The van der Waals surface area contributed by atoms with Gasteiger partial charge in [0.15, 0.2) is 0 Å². The van der Waals surface area contributed by atoms with E-state index in [2.05, 4.69) is 5.32 Å². The first-order valence-corrected chi connectivity index (χ1v) is 12.8. The highest BCUT2D eigenvalue weighted by Gasteiger charge is 2.71. The zero-order chi connectivity index (χ0) is 28.9. The summed E-state index contributed by atoms with van der Waals surface area (Å²) in [6, 6.07) is 6.29. The second-order valence-electron chi connectivity index (χ2n) is 9.62. The lowest BCUT2D eigenvalue weighted by molar-refractivity contribution is -0.376. The second-order valence-corrected chi connectivity index (χ2v) is 11.4. The van der Waals surface area contributed by atoms with Gasteiger partial charge in [-0.05, 0) is 57.4 Å². The van der Waals surface area contributed by atoms with Crippen molar-refractivity contribution in [1.82, 2.24) is 5.32 Å². The fourth-order valence-electron chi connectivity index (χ4n) is 4.11. The van der Waals surface area contributed by atoms with Crippen LogP contribution in [0, 0.1) is 6.92 Å². The van der Waals surface area contributed by atoms with Crippen molar-refractivity contribution in [2.45, 2.75) is 68.1 Å². The summed E-state index contributed by atoms with van der Waals surface area (Å²) in [6.45, 7) is 3.84. The van der Waals surface area contributed by atoms with Crippen molar-refractivity contribution in [3.63, 3.8) is 0 Å². The predicted molar refractivity (Wildman–Crippen MR) is 125 cm³/mol. The molecule has 0 saturated heterocycles. The van der Waals surface area contributed by atoms with Gasteiger partial charge in [0.1, 0.15) is 5.60 Å². The highest BCUT2D eigenvalue weighted by Crippen LogP contribution is 2.51. The van der Waals surface area contributed by atoms with Crippen LogP contribution in [-0.4, -0.2) is 55.1 Å². The van der Waals surface area contributed by atoms with Crippen LogP contribution in [0.4, 0.5) is 32.0 Å². The van der Waals surface area contributed by atoms with E-state index in [0.717, 1.165) is 15.9 Å². The van der Waals surface area contributed by atoms with Crippen molar-refractivity contribution >= 4 is 21.6 Å². The van der Waals surface area contributed by atoms with Gasteiger partial charge >= 0.3 is 12.4 Å². The Balaban J connectivity index is 2.15. The van der Waals surface area contributed by atoms with Gasteiger partial charge in [-0.25, -0.2) is 8.42 Å². The molecule has 38 heavy (non-hydrogen) atoms. The number of hydrogen-bond acceptors (Lipinski definition) is 5. The minimum atomic E-state index is -6.11. The molecule has 1 amide bonds. The Bertz CT molecular complexity index is 1290. The number of anilines is 1. The highest BCUT2D eigenvalue weighted by atomic mass is 32.2. The Kier molecular flexibility index (Phi) is 7.60. The third-order valence-corrected chi connectivity index (χ3v) is 8.15. The molecule has 210 valence electrons. The molecule has 0 aliphatic carbocycles. The number of sulfonamides is 1. The van der Waals surface area contributed by atoms with Crippen LogP contribution in [0.1, 0.15) is 37.0 Å². The molecule has 0 saturated carbocycles. The summed E-state index contributed by atoms with van der Waals surface area (Å²) in [5.74, 6) is -0.813. The summed E-state index contributed by atoms with van der Waals surface area (Å²) in [7, 11) is -4.42. The minimum Gasteiger partial charge on any atom is -0.381 e. The zero-order valence-electron chi connectivity index (χ0n) is 20.5. The van der Waals surface area contributed by atoms with E-state index in [4.69, 9.17) is 0 Å². The number of aliphatic hydroxyl groups is 2. The first-order valence-electron chi connectivity index (χ1n) is 11.3. The molecular weight excluding hydrogens is 542 g/mol. The van der Waals surface area contributed by atoms with Crippen LogP contribution in [0.2, 0.25) is 0 Å². The summed E-state index contributed by atoms with van der Waals surface area (Å²) < 4.78 is 109. The smallest absolute Gasteiger partial charge is 0.381 e. The van der Waals surface area contributed by atoms with Gasteiger partial charge in [0.05, 0.1) is 16.6 Å². The molecule has 7 nitrogen and oxygen atoms in total. The summed E-state index contributed by atoms with van der Waals surface area (Å²) in [4.78, 5) is 12.0. The first kappa shape index (κ1) is 29.7. The maximum Gasteiger partial charge on any atom is 0.430 e. The van der Waals surface area contributed by atoms with Gasteiger partial charge in [-0.2, -0.15) is 26.3 Å². The highest BCUT2D eigenvalue weighted by molar-refractivity contribution is 7.92. The van der Waals surface area contributed by atoms with Crippen molar-refractivity contribution in [3.8, 4) is 0 Å². The summed E-state index contributed by atoms with van der Waals surface area (Å²) in [6.07, 6.45) is -12.5. The molecule has 0 fully saturated rings. The maximum absolute atomic E-state index is 13.7. The molecule has 2 aromatic carbocycles. The Morgan fingerprint density at radius 2 is 1.55 bits per heavy atom. The Morgan fingerprint density at radius 1 is 1.00 bits per heavy atom. The molecule has 0 unspecified atom stereocenters. The van der Waals surface area contributed by atoms with E-state index in [1.165, 1.54) is 38.1 Å². The average molecular weight is 569 g/mol. The molecule has 1 atom stereocenters. The van der Waals surface area contributed by atoms with Crippen LogP contribution >= 0.6 is 0 Å². The number of amides is 1. The number of halogens is 6. The standard InChI is InChI=1S/C24H26F6N2O5S/c1-14-4-9-18(10-5-14)38(36,37)32-17(13-31-20(33)21(2,3)34)8-6-15-12-16(7-11-19(15)32)22(35,23(25,26)27)24(28,29)30/h4-5,7,9-12,17,34-35H,6,8,13H2,1-3H3,(H,31,33)/t17-/m0/s1. The quantitative estimate of drug-likeness (QED) is 0.461. The fraction of sp³-hybridized carbons (Fsp3) is 0.458. The van der Waals surface area contributed by atoms with Crippen LogP contribution in [0.5, 0.6) is 0 Å². The number of carbonyl (C=O) groups excluding carboxylic acids is 1. The van der Waals surface area contributed by atoms with Gasteiger partial charge in [-0.1, -0.05) is 29.8 Å². The lowest BCUT2D eigenvalue weighted by atomic mass is 9.88. The van der Waals surface area contributed by atoms with Gasteiger partial charge in [-0.15, -0.1) is 0 Å². The number of benzene rings is 2. The third kappa shape index (κ3) is 5.34. The molecule has 0 bridgehead atoms. The molecule has 0 spiro atoms. The SMILES string of the molecule is Cc1ccc(S(=O)(=O)N2c3ccc(C(O)(C(F)(F)F)C(F)(F)F)cc3CC[C@H]2CNC(=O)C(C)(C)O)cc1. The number of aryl methyl sites for hydroxylation is 2. The Hall–Kier alpha value is -2.84. The van der Waals surface area contributed by atoms with Crippen molar-refractivity contribution in [2.75, 3.05) is 10.8 Å². The van der Waals surface area contributed by atoms with Gasteiger partial charge < -0.3 is 15.5 Å². The predicted octanol–water partition coefficient (Wildman–Crippen LogP) is 3.70. The van der Waals surface area contributed by atoms with Crippen molar-refractivity contribution < 1.29 is 49.8 Å². The Labute approximate surface area is 215 Å². The first-order chi connectivity index (χ1) is 17.2. The molecule has 3 N–H and O–H groups in total. The zero-order valence-corrected chi connectivity index (χ0v) is 21.3. The maximum atomic E-state index is 13.7. The van der Waals surface area contributed by atoms with E-state index < -0.39 is 51.1 Å². The number of nitrogens with zero attached hydrogens (tertiary/aromatic N) is 1. The summed E-state index contributed by atoms with van der Waals surface area (Å²) >= 11 is 0. The molecule has 0 aromatic heterocycles. The van der Waals surface area contributed by atoms with Crippen LogP contribution < -0.4 is 9.62 Å². The monoisotopic (exact) mass is 568 g/mol. The number of nitrogens with one attached hydrogen (secondary N) is 1. The van der Waals surface area contributed by atoms with E-state index in [1.54, 1.807) is 6.92 Å².